The number of hydrogen-bond donors (Lipinski definition) is 1. The summed E-state index contributed by atoms with van der Waals surface area (Å²) in [5.74, 6) is -0.152. The molecule has 0 radical (unpaired) electrons. The monoisotopic (exact) mass is 416 g/mol. The topological polar surface area (TPSA) is 40.6 Å². The molecule has 4 rings (SSSR count). The molecule has 0 saturated heterocycles. The normalized spacial score (nSPS) is 18.5. The molecule has 0 unspecified atom stereocenters. The fraction of sp³-hybridized carbons (Fsp3) is 0.318. The molecule has 0 amide bonds. The first kappa shape index (κ1) is 20.1. The molecule has 1 aromatic carbocycles. The summed E-state index contributed by atoms with van der Waals surface area (Å²) >= 11 is 0. The van der Waals surface area contributed by atoms with E-state index in [-0.39, 0.29) is 18.4 Å². The van der Waals surface area contributed by atoms with Crippen LogP contribution >= 0.6 is 0 Å². The van der Waals surface area contributed by atoms with Crippen molar-refractivity contribution < 1.29 is 17.9 Å². The van der Waals surface area contributed by atoms with Crippen LogP contribution in [0, 0.1) is 6.92 Å². The van der Waals surface area contributed by atoms with Gasteiger partial charge in [-0.1, -0.05) is 0 Å². The number of halogens is 3. The van der Waals surface area contributed by atoms with Crippen molar-refractivity contribution in [3.05, 3.63) is 71.4 Å². The molecule has 158 valence electrons. The predicted molar refractivity (Wildman–Crippen MR) is 109 cm³/mol. The third kappa shape index (κ3) is 3.69. The van der Waals surface area contributed by atoms with Crippen LogP contribution in [0.4, 0.5) is 18.9 Å². The van der Waals surface area contributed by atoms with Crippen molar-refractivity contribution >= 4 is 11.3 Å². The van der Waals surface area contributed by atoms with E-state index in [1.54, 1.807) is 13.1 Å². The van der Waals surface area contributed by atoms with Gasteiger partial charge >= 0.3 is 6.18 Å². The van der Waals surface area contributed by atoms with Gasteiger partial charge in [0.2, 0.25) is 0 Å². The number of fused-ring (bicyclic) bond motifs is 1. The summed E-state index contributed by atoms with van der Waals surface area (Å²) in [6, 6.07) is 8.10. The lowest BCUT2D eigenvalue weighted by Gasteiger charge is -2.38. The first-order valence-corrected chi connectivity index (χ1v) is 9.79. The van der Waals surface area contributed by atoms with Crippen LogP contribution in [0.15, 0.2) is 54.6 Å². The number of anilines is 1. The number of ether oxygens (including phenoxy) is 1. The molecule has 0 saturated carbocycles. The number of aromatic nitrogens is 1. The van der Waals surface area contributed by atoms with Crippen LogP contribution in [0.5, 0.6) is 5.75 Å². The van der Waals surface area contributed by atoms with Crippen LogP contribution in [0.1, 0.15) is 30.7 Å². The summed E-state index contributed by atoms with van der Waals surface area (Å²) in [4.78, 5) is 6.22. The number of nitrogens with zero attached hydrogens (tertiary/aromatic N) is 3. The van der Waals surface area contributed by atoms with Crippen molar-refractivity contribution in [1.82, 2.24) is 15.4 Å². The molecule has 2 aromatic rings. The highest BCUT2D eigenvalue weighted by molar-refractivity contribution is 5.81. The first-order valence-electron chi connectivity index (χ1n) is 9.79. The fourth-order valence-electron chi connectivity index (χ4n) is 3.79. The summed E-state index contributed by atoms with van der Waals surface area (Å²) in [5, 5.41) is 2.06. The Morgan fingerprint density at radius 3 is 2.73 bits per heavy atom. The largest absolute Gasteiger partial charge is 0.493 e. The zero-order chi connectivity index (χ0) is 21.5. The molecule has 1 aromatic heterocycles. The molecule has 0 fully saturated rings. The van der Waals surface area contributed by atoms with Gasteiger partial charge in [-0.2, -0.15) is 13.2 Å². The number of nitrogens with one attached hydrogen (secondary N) is 1. The minimum atomic E-state index is -4.46. The molecule has 3 heterocycles. The molecule has 2 aliphatic heterocycles. The number of benzene rings is 1. The smallest absolute Gasteiger partial charge is 0.419 e. The van der Waals surface area contributed by atoms with Crippen molar-refractivity contribution in [2.75, 3.05) is 18.1 Å². The second-order valence-electron chi connectivity index (χ2n) is 7.37. The average Bonchev–Trinajstić information content (AvgIpc) is 3.12. The van der Waals surface area contributed by atoms with Gasteiger partial charge in [0.1, 0.15) is 5.75 Å². The third-order valence-corrected chi connectivity index (χ3v) is 5.17. The Morgan fingerprint density at radius 1 is 1.23 bits per heavy atom. The second kappa shape index (κ2) is 7.59. The number of alkyl halides is 3. The van der Waals surface area contributed by atoms with Crippen LogP contribution < -0.4 is 15.1 Å². The zero-order valence-corrected chi connectivity index (χ0v) is 17.0. The lowest BCUT2D eigenvalue weighted by molar-refractivity contribution is -0.138. The van der Waals surface area contributed by atoms with E-state index in [1.165, 1.54) is 12.1 Å². The maximum absolute atomic E-state index is 13.3. The third-order valence-electron chi connectivity index (χ3n) is 5.17. The van der Waals surface area contributed by atoms with E-state index in [1.807, 2.05) is 36.4 Å². The van der Waals surface area contributed by atoms with Gasteiger partial charge in [0, 0.05) is 48.2 Å². The minimum Gasteiger partial charge on any atom is -0.493 e. The van der Waals surface area contributed by atoms with Crippen LogP contribution in [-0.2, 0) is 6.18 Å². The molecule has 1 atom stereocenters. The van der Waals surface area contributed by atoms with E-state index in [0.29, 0.717) is 12.2 Å². The average molecular weight is 416 g/mol. The van der Waals surface area contributed by atoms with Gasteiger partial charge in [0.25, 0.3) is 0 Å². The van der Waals surface area contributed by atoms with Gasteiger partial charge in [0.15, 0.2) is 0 Å². The number of aryl methyl sites for hydroxylation is 1. The maximum atomic E-state index is 13.3. The molecule has 8 heteroatoms. The zero-order valence-electron chi connectivity index (χ0n) is 17.0. The van der Waals surface area contributed by atoms with Crippen molar-refractivity contribution in [2.45, 2.75) is 33.0 Å². The lowest BCUT2D eigenvalue weighted by atomic mass is 10.0. The second-order valence-corrected chi connectivity index (χ2v) is 7.37. The Kier molecular flexibility index (Phi) is 5.09. The highest BCUT2D eigenvalue weighted by Gasteiger charge is 2.36. The highest BCUT2D eigenvalue weighted by Crippen LogP contribution is 2.40. The molecule has 30 heavy (non-hydrogen) atoms. The predicted octanol–water partition coefficient (Wildman–Crippen LogP) is 4.72. The molecular weight excluding hydrogens is 393 g/mol. The van der Waals surface area contributed by atoms with E-state index >= 15 is 0 Å². The Bertz CT molecular complexity index is 1020. The summed E-state index contributed by atoms with van der Waals surface area (Å²) in [5.41, 5.74) is 7.09. The number of allylic oxidation sites excluding steroid dienone is 1. The van der Waals surface area contributed by atoms with Crippen LogP contribution in [0.25, 0.3) is 5.57 Å². The van der Waals surface area contributed by atoms with Crippen LogP contribution in [0.3, 0.4) is 0 Å². The molecule has 1 N–H and O–H groups in total. The van der Waals surface area contributed by atoms with Gasteiger partial charge in [-0.3, -0.25) is 9.99 Å². The molecule has 0 spiro atoms. The fourth-order valence-corrected chi connectivity index (χ4v) is 3.79. The van der Waals surface area contributed by atoms with Gasteiger partial charge < -0.3 is 15.1 Å². The van der Waals surface area contributed by atoms with Gasteiger partial charge in [-0.15, -0.1) is 0 Å². The maximum Gasteiger partial charge on any atom is 0.419 e. The number of pyridine rings is 1. The van der Waals surface area contributed by atoms with Gasteiger partial charge in [-0.05, 0) is 50.6 Å². The van der Waals surface area contributed by atoms with E-state index in [2.05, 4.69) is 22.3 Å². The molecule has 2 aliphatic rings. The highest BCUT2D eigenvalue weighted by atomic mass is 19.4. The van der Waals surface area contributed by atoms with Crippen molar-refractivity contribution in [1.29, 1.82) is 0 Å². The Hall–Kier alpha value is -3.16. The summed E-state index contributed by atoms with van der Waals surface area (Å²) in [6.45, 7) is 6.45. The lowest BCUT2D eigenvalue weighted by Crippen LogP contribution is -2.47. The van der Waals surface area contributed by atoms with Crippen molar-refractivity contribution in [3.8, 4) is 5.75 Å². The quantitative estimate of drug-likeness (QED) is 0.781. The standard InChI is InChI=1S/C22H23F3N4O/c1-4-30-21-10-17(5-6-19(21)22(23,24)25)28-12-15(3)29-20(13-28)18(11-27-29)16-7-8-26-14(2)9-16/h5-11,13,15,27H,4,12H2,1-3H3/t15-/m1/s1. The number of hydrogen-bond acceptors (Lipinski definition) is 5. The first-order chi connectivity index (χ1) is 14.3. The summed E-state index contributed by atoms with van der Waals surface area (Å²) in [6.07, 6.45) is 1.21. The molecular formula is C22H23F3N4O. The van der Waals surface area contributed by atoms with Crippen molar-refractivity contribution in [3.63, 3.8) is 0 Å². The van der Waals surface area contributed by atoms with Gasteiger partial charge in [0.05, 0.1) is 23.9 Å². The van der Waals surface area contributed by atoms with Crippen LogP contribution in [-0.4, -0.2) is 29.2 Å². The molecule has 0 aliphatic carbocycles. The summed E-state index contributed by atoms with van der Waals surface area (Å²) < 4.78 is 45.3. The van der Waals surface area contributed by atoms with Crippen molar-refractivity contribution in [2.24, 2.45) is 0 Å². The molecule has 5 nitrogen and oxygen atoms in total. The Morgan fingerprint density at radius 2 is 2.03 bits per heavy atom. The van der Waals surface area contributed by atoms with E-state index in [0.717, 1.165) is 28.6 Å². The van der Waals surface area contributed by atoms with Gasteiger partial charge in [-0.25, -0.2) is 0 Å². The number of hydrazine groups is 1. The Labute approximate surface area is 173 Å². The summed E-state index contributed by atoms with van der Waals surface area (Å²) in [7, 11) is 0. The van der Waals surface area contributed by atoms with E-state index in [4.69, 9.17) is 4.74 Å². The Balaban J connectivity index is 1.72. The molecule has 0 bridgehead atoms. The minimum absolute atomic E-state index is 0.0968. The van der Waals surface area contributed by atoms with E-state index < -0.39 is 11.7 Å². The van der Waals surface area contributed by atoms with E-state index in [9.17, 15) is 13.2 Å². The number of rotatable bonds is 4. The SMILES string of the molecule is CCOc1cc(N2C=C3C(c4ccnc(C)c4)=CNN3[C@H](C)C2)ccc1C(F)(F)F. The van der Waals surface area contributed by atoms with Crippen LogP contribution in [0.2, 0.25) is 0 Å².